The molecule has 0 aliphatic heterocycles. The molecule has 5 nitrogen and oxygen atoms in total. The van der Waals surface area contributed by atoms with Gasteiger partial charge < -0.3 is 14.8 Å². The van der Waals surface area contributed by atoms with Gasteiger partial charge in [0.2, 0.25) is 0 Å². The first kappa shape index (κ1) is 25.1. The molecule has 0 atom stereocenters. The van der Waals surface area contributed by atoms with Crippen LogP contribution in [-0.4, -0.2) is 12.5 Å². The number of rotatable bonds is 8. The summed E-state index contributed by atoms with van der Waals surface area (Å²) < 4.78 is 13.4. The molecule has 8 heteroatoms. The SMILES string of the molecule is CCOc1cc(/C=C(/C#N)C(=O)Nc2cccc(Br)c2)cc(I)c1OCc1ccc(Cl)cc1. The van der Waals surface area contributed by atoms with Gasteiger partial charge in [0.25, 0.3) is 5.91 Å². The van der Waals surface area contributed by atoms with E-state index in [-0.39, 0.29) is 5.57 Å². The number of hydrogen-bond acceptors (Lipinski definition) is 4. The summed E-state index contributed by atoms with van der Waals surface area (Å²) in [6.07, 6.45) is 1.53. The molecule has 1 N–H and O–H groups in total. The molecule has 0 spiro atoms. The van der Waals surface area contributed by atoms with Crippen LogP contribution in [0.2, 0.25) is 5.02 Å². The highest BCUT2D eigenvalue weighted by Gasteiger charge is 2.15. The van der Waals surface area contributed by atoms with Gasteiger partial charge in [-0.25, -0.2) is 0 Å². The van der Waals surface area contributed by atoms with Crippen LogP contribution in [0.5, 0.6) is 11.5 Å². The van der Waals surface area contributed by atoms with Crippen molar-refractivity contribution in [2.45, 2.75) is 13.5 Å². The summed E-state index contributed by atoms with van der Waals surface area (Å²) in [7, 11) is 0. The second-order valence-corrected chi connectivity index (χ2v) is 9.33. The second-order valence-electron chi connectivity index (χ2n) is 6.81. The number of hydrogen-bond donors (Lipinski definition) is 1. The van der Waals surface area contributed by atoms with E-state index >= 15 is 0 Å². The highest BCUT2D eigenvalue weighted by molar-refractivity contribution is 14.1. The Hall–Kier alpha value is -2.54. The van der Waals surface area contributed by atoms with Gasteiger partial charge in [0, 0.05) is 15.2 Å². The Morgan fingerprint density at radius 2 is 1.94 bits per heavy atom. The molecule has 33 heavy (non-hydrogen) atoms. The number of amides is 1. The van der Waals surface area contributed by atoms with E-state index in [2.05, 4.69) is 43.8 Å². The van der Waals surface area contributed by atoms with Gasteiger partial charge in [0.05, 0.1) is 10.2 Å². The molecule has 3 aromatic rings. The molecule has 0 bridgehead atoms. The second kappa shape index (κ2) is 12.1. The average Bonchev–Trinajstić information content (AvgIpc) is 2.78. The Morgan fingerprint density at radius 3 is 2.61 bits per heavy atom. The summed E-state index contributed by atoms with van der Waals surface area (Å²) in [6.45, 7) is 2.67. The van der Waals surface area contributed by atoms with Gasteiger partial charge in [-0.1, -0.05) is 45.7 Å². The first-order valence-corrected chi connectivity index (χ1v) is 12.2. The summed E-state index contributed by atoms with van der Waals surface area (Å²) in [5.74, 6) is 0.641. The van der Waals surface area contributed by atoms with Crippen molar-refractivity contribution in [1.82, 2.24) is 0 Å². The summed E-state index contributed by atoms with van der Waals surface area (Å²) >= 11 is 11.5. The van der Waals surface area contributed by atoms with Gasteiger partial charge in [-0.3, -0.25) is 4.79 Å². The molecule has 0 aliphatic rings. The third-order valence-corrected chi connectivity index (χ3v) is 5.93. The fraction of sp³-hybridized carbons (Fsp3) is 0.120. The Kier molecular flexibility index (Phi) is 9.18. The molecule has 0 heterocycles. The van der Waals surface area contributed by atoms with Gasteiger partial charge in [0.1, 0.15) is 18.2 Å². The number of ether oxygens (including phenoxy) is 2. The standard InChI is InChI=1S/C25H19BrClIN2O3/c1-2-32-23-12-17(10-18(14-29)25(31)30-21-5-3-4-19(26)13-21)11-22(28)24(23)33-15-16-6-8-20(27)9-7-16/h3-13H,2,15H2,1H3,(H,30,31)/b18-10-. The minimum Gasteiger partial charge on any atom is -0.490 e. The molecule has 0 radical (unpaired) electrons. The largest absolute Gasteiger partial charge is 0.490 e. The fourth-order valence-electron chi connectivity index (χ4n) is 2.89. The molecule has 0 saturated carbocycles. The van der Waals surface area contributed by atoms with E-state index in [1.165, 1.54) is 6.08 Å². The van der Waals surface area contributed by atoms with Gasteiger partial charge in [-0.15, -0.1) is 0 Å². The zero-order valence-corrected chi connectivity index (χ0v) is 22.1. The summed E-state index contributed by atoms with van der Waals surface area (Å²) in [5, 5.41) is 13.0. The van der Waals surface area contributed by atoms with Crippen LogP contribution in [0, 0.1) is 14.9 Å². The van der Waals surface area contributed by atoms with E-state index < -0.39 is 5.91 Å². The minimum atomic E-state index is -0.494. The maximum atomic E-state index is 12.6. The van der Waals surface area contributed by atoms with Crippen LogP contribution in [0.3, 0.4) is 0 Å². The van der Waals surface area contributed by atoms with Crippen LogP contribution in [0.4, 0.5) is 5.69 Å². The Balaban J connectivity index is 1.84. The van der Waals surface area contributed by atoms with Crippen molar-refractivity contribution < 1.29 is 14.3 Å². The van der Waals surface area contributed by atoms with E-state index in [1.807, 2.05) is 49.4 Å². The number of benzene rings is 3. The van der Waals surface area contributed by atoms with Crippen LogP contribution in [0.15, 0.2) is 70.7 Å². The fourth-order valence-corrected chi connectivity index (χ4v) is 4.20. The van der Waals surface area contributed by atoms with Crippen LogP contribution < -0.4 is 14.8 Å². The molecule has 0 unspecified atom stereocenters. The maximum Gasteiger partial charge on any atom is 0.266 e. The van der Waals surface area contributed by atoms with E-state index in [9.17, 15) is 10.1 Å². The van der Waals surface area contributed by atoms with Crippen molar-refractivity contribution in [3.8, 4) is 17.6 Å². The van der Waals surface area contributed by atoms with Gasteiger partial charge in [-0.2, -0.15) is 5.26 Å². The lowest BCUT2D eigenvalue weighted by Gasteiger charge is -2.15. The van der Waals surface area contributed by atoms with Gasteiger partial charge >= 0.3 is 0 Å². The number of nitrogens with zero attached hydrogens (tertiary/aromatic N) is 1. The number of nitrogens with one attached hydrogen (secondary N) is 1. The zero-order chi connectivity index (χ0) is 23.8. The van der Waals surface area contributed by atoms with Crippen molar-refractivity contribution in [2.75, 3.05) is 11.9 Å². The van der Waals surface area contributed by atoms with Crippen LogP contribution in [0.25, 0.3) is 6.08 Å². The van der Waals surface area contributed by atoms with Crippen molar-refractivity contribution in [2.24, 2.45) is 0 Å². The Morgan fingerprint density at radius 1 is 1.18 bits per heavy atom. The molecule has 3 aromatic carbocycles. The van der Waals surface area contributed by atoms with Crippen molar-refractivity contribution in [3.63, 3.8) is 0 Å². The zero-order valence-electron chi connectivity index (χ0n) is 17.6. The molecule has 0 aromatic heterocycles. The lowest BCUT2D eigenvalue weighted by Crippen LogP contribution is -2.13. The number of anilines is 1. The number of carbonyl (C=O) groups excluding carboxylic acids is 1. The van der Waals surface area contributed by atoms with Crippen molar-refractivity contribution in [1.29, 1.82) is 5.26 Å². The predicted molar refractivity (Wildman–Crippen MR) is 142 cm³/mol. The monoisotopic (exact) mass is 636 g/mol. The minimum absolute atomic E-state index is 0.0249. The van der Waals surface area contributed by atoms with Gasteiger partial charge in [-0.05, 0) is 89.2 Å². The third-order valence-electron chi connectivity index (χ3n) is 4.39. The van der Waals surface area contributed by atoms with Gasteiger partial charge in [0.15, 0.2) is 11.5 Å². The lowest BCUT2D eigenvalue weighted by molar-refractivity contribution is -0.112. The third kappa shape index (κ3) is 7.22. The average molecular weight is 638 g/mol. The Labute approximate surface area is 219 Å². The van der Waals surface area contributed by atoms with E-state index in [0.717, 1.165) is 13.6 Å². The van der Waals surface area contributed by atoms with E-state index in [0.29, 0.717) is 41.0 Å². The molecule has 168 valence electrons. The topological polar surface area (TPSA) is 71.3 Å². The molecular weight excluding hydrogens is 619 g/mol. The number of nitriles is 1. The van der Waals surface area contributed by atoms with E-state index in [1.54, 1.807) is 24.3 Å². The van der Waals surface area contributed by atoms with Crippen LogP contribution in [0.1, 0.15) is 18.1 Å². The summed E-state index contributed by atoms with van der Waals surface area (Å²) in [4.78, 5) is 12.6. The Bertz CT molecular complexity index is 1220. The molecular formula is C25H19BrClIN2O3. The normalized spacial score (nSPS) is 10.9. The highest BCUT2D eigenvalue weighted by atomic mass is 127. The number of halogens is 3. The van der Waals surface area contributed by atoms with Crippen molar-refractivity contribution >= 4 is 67.8 Å². The van der Waals surface area contributed by atoms with E-state index in [4.69, 9.17) is 21.1 Å². The molecule has 3 rings (SSSR count). The number of carbonyl (C=O) groups is 1. The summed E-state index contributed by atoms with van der Waals surface area (Å²) in [6, 6.07) is 20.1. The highest BCUT2D eigenvalue weighted by Crippen LogP contribution is 2.35. The maximum absolute atomic E-state index is 12.6. The van der Waals surface area contributed by atoms with Crippen LogP contribution in [-0.2, 0) is 11.4 Å². The predicted octanol–water partition coefficient (Wildman–Crippen LogP) is 7.23. The lowest BCUT2D eigenvalue weighted by atomic mass is 10.1. The van der Waals surface area contributed by atoms with Crippen LogP contribution >= 0.6 is 50.1 Å². The molecule has 1 amide bonds. The summed E-state index contributed by atoms with van der Waals surface area (Å²) in [5.41, 5.74) is 2.19. The first-order valence-electron chi connectivity index (χ1n) is 9.92. The van der Waals surface area contributed by atoms with Crippen molar-refractivity contribution in [3.05, 3.63) is 90.4 Å². The smallest absolute Gasteiger partial charge is 0.266 e. The molecule has 0 saturated heterocycles. The molecule has 0 aliphatic carbocycles. The first-order chi connectivity index (χ1) is 15.9. The quantitative estimate of drug-likeness (QED) is 0.161. The molecule has 0 fully saturated rings.